The minimum absolute atomic E-state index is 0.0456. The number of rotatable bonds is 2. The van der Waals surface area contributed by atoms with E-state index in [4.69, 9.17) is 5.73 Å². The van der Waals surface area contributed by atoms with E-state index in [2.05, 4.69) is 5.10 Å². The Morgan fingerprint density at radius 2 is 2.25 bits per heavy atom. The Hall–Kier alpha value is -2.21. The van der Waals surface area contributed by atoms with Crippen molar-refractivity contribution in [1.29, 1.82) is 0 Å². The number of carbonyl (C=O) groups excluding carboxylic acids is 1. The molecule has 2 N–H and O–H groups in total. The van der Waals surface area contributed by atoms with Gasteiger partial charge in [-0.15, -0.1) is 0 Å². The number of amides is 1. The van der Waals surface area contributed by atoms with E-state index < -0.39 is 0 Å². The van der Waals surface area contributed by atoms with Crippen molar-refractivity contribution < 1.29 is 9.18 Å². The van der Waals surface area contributed by atoms with Crippen molar-refractivity contribution in [1.82, 2.24) is 14.7 Å². The molecule has 1 atom stereocenters. The summed E-state index contributed by atoms with van der Waals surface area (Å²) < 4.78 is 14.7. The van der Waals surface area contributed by atoms with Crippen molar-refractivity contribution in [2.45, 2.75) is 12.5 Å². The van der Waals surface area contributed by atoms with Crippen molar-refractivity contribution in [3.63, 3.8) is 0 Å². The first-order valence-corrected chi connectivity index (χ1v) is 6.50. The van der Waals surface area contributed by atoms with Crippen molar-refractivity contribution in [2.24, 2.45) is 5.73 Å². The molecule has 1 saturated heterocycles. The molecule has 20 heavy (non-hydrogen) atoms. The minimum Gasteiger partial charge on any atom is -0.336 e. The SMILES string of the molecule is NC1CCN(C(=O)c2ccn(-c3cccc(F)c3)n2)C1. The summed E-state index contributed by atoms with van der Waals surface area (Å²) in [6.07, 6.45) is 2.47. The third kappa shape index (κ3) is 2.42. The van der Waals surface area contributed by atoms with Gasteiger partial charge in [0.05, 0.1) is 5.69 Å². The van der Waals surface area contributed by atoms with Gasteiger partial charge in [-0.2, -0.15) is 5.10 Å². The molecule has 1 fully saturated rings. The van der Waals surface area contributed by atoms with Crippen LogP contribution in [0, 0.1) is 5.82 Å². The average molecular weight is 274 g/mol. The van der Waals surface area contributed by atoms with Gasteiger partial charge in [0.2, 0.25) is 0 Å². The van der Waals surface area contributed by atoms with Crippen molar-refractivity contribution in [2.75, 3.05) is 13.1 Å². The van der Waals surface area contributed by atoms with Crippen LogP contribution in [-0.4, -0.2) is 39.7 Å². The molecule has 1 aliphatic heterocycles. The number of hydrogen-bond donors (Lipinski definition) is 1. The second-order valence-corrected chi connectivity index (χ2v) is 4.93. The number of benzene rings is 1. The van der Waals surface area contributed by atoms with E-state index in [1.54, 1.807) is 29.3 Å². The Bertz CT molecular complexity index is 640. The zero-order valence-electron chi connectivity index (χ0n) is 10.9. The summed E-state index contributed by atoms with van der Waals surface area (Å²) in [4.78, 5) is 13.9. The van der Waals surface area contributed by atoms with Gasteiger partial charge in [0, 0.05) is 25.3 Å². The van der Waals surface area contributed by atoms with E-state index in [1.807, 2.05) is 0 Å². The van der Waals surface area contributed by atoms with Gasteiger partial charge in [-0.3, -0.25) is 4.79 Å². The van der Waals surface area contributed by atoms with Crippen LogP contribution in [0.25, 0.3) is 5.69 Å². The monoisotopic (exact) mass is 274 g/mol. The maximum absolute atomic E-state index is 13.2. The Balaban J connectivity index is 1.81. The summed E-state index contributed by atoms with van der Waals surface area (Å²) in [6.45, 7) is 1.22. The fourth-order valence-electron chi connectivity index (χ4n) is 2.33. The molecule has 0 saturated carbocycles. The normalized spacial score (nSPS) is 18.5. The summed E-state index contributed by atoms with van der Waals surface area (Å²) >= 11 is 0. The van der Waals surface area contributed by atoms with Gasteiger partial charge in [0.15, 0.2) is 5.69 Å². The second-order valence-electron chi connectivity index (χ2n) is 4.93. The summed E-state index contributed by atoms with van der Waals surface area (Å²) in [5, 5.41) is 4.21. The Labute approximate surface area is 115 Å². The number of halogens is 1. The third-order valence-electron chi connectivity index (χ3n) is 3.39. The van der Waals surface area contributed by atoms with Crippen LogP contribution in [0.3, 0.4) is 0 Å². The number of aromatic nitrogens is 2. The average Bonchev–Trinajstić information content (AvgIpc) is 3.07. The molecule has 1 amide bonds. The van der Waals surface area contributed by atoms with Gasteiger partial charge in [-0.1, -0.05) is 6.07 Å². The van der Waals surface area contributed by atoms with Crippen LogP contribution in [0.4, 0.5) is 4.39 Å². The molecule has 0 aliphatic carbocycles. The molecule has 0 radical (unpaired) electrons. The van der Waals surface area contributed by atoms with Crippen molar-refractivity contribution >= 4 is 5.91 Å². The molecule has 0 spiro atoms. The molecule has 1 aromatic carbocycles. The van der Waals surface area contributed by atoms with Crippen LogP contribution >= 0.6 is 0 Å². The molecule has 3 rings (SSSR count). The summed E-state index contributed by atoms with van der Waals surface area (Å²) in [6, 6.07) is 7.75. The molecule has 5 nitrogen and oxygen atoms in total. The lowest BCUT2D eigenvalue weighted by Crippen LogP contribution is -2.32. The van der Waals surface area contributed by atoms with E-state index in [0.717, 1.165) is 6.42 Å². The number of nitrogens with zero attached hydrogens (tertiary/aromatic N) is 3. The second kappa shape index (κ2) is 5.05. The lowest BCUT2D eigenvalue weighted by Gasteiger charge is -2.13. The minimum atomic E-state index is -0.337. The summed E-state index contributed by atoms with van der Waals surface area (Å²) in [7, 11) is 0. The first-order valence-electron chi connectivity index (χ1n) is 6.50. The molecule has 0 bridgehead atoms. The molecule has 1 aromatic heterocycles. The van der Waals surface area contributed by atoms with Crippen LogP contribution in [0.5, 0.6) is 0 Å². The molecule has 1 unspecified atom stereocenters. The Morgan fingerprint density at radius 3 is 2.95 bits per heavy atom. The highest BCUT2D eigenvalue weighted by atomic mass is 19.1. The smallest absolute Gasteiger partial charge is 0.274 e. The van der Waals surface area contributed by atoms with Gasteiger partial charge >= 0.3 is 0 Å². The van der Waals surface area contributed by atoms with Crippen molar-refractivity contribution in [3.8, 4) is 5.69 Å². The maximum Gasteiger partial charge on any atom is 0.274 e. The van der Waals surface area contributed by atoms with Gasteiger partial charge in [-0.25, -0.2) is 9.07 Å². The highest BCUT2D eigenvalue weighted by Crippen LogP contribution is 2.13. The standard InChI is InChI=1S/C14H15FN4O/c15-10-2-1-3-12(8-10)19-7-5-13(17-19)14(20)18-6-4-11(16)9-18/h1-3,5,7-8,11H,4,6,9,16H2. The highest BCUT2D eigenvalue weighted by Gasteiger charge is 2.25. The van der Waals surface area contributed by atoms with Gasteiger partial charge in [0.1, 0.15) is 5.82 Å². The lowest BCUT2D eigenvalue weighted by molar-refractivity contribution is 0.0784. The first-order chi connectivity index (χ1) is 9.63. The Kier molecular flexibility index (Phi) is 3.23. The van der Waals surface area contributed by atoms with Gasteiger partial charge in [-0.05, 0) is 30.7 Å². The fraction of sp³-hybridized carbons (Fsp3) is 0.286. The largest absolute Gasteiger partial charge is 0.336 e. The maximum atomic E-state index is 13.2. The van der Waals surface area contributed by atoms with Crippen LogP contribution in [-0.2, 0) is 0 Å². The molecular weight excluding hydrogens is 259 g/mol. The quantitative estimate of drug-likeness (QED) is 0.894. The fourth-order valence-corrected chi connectivity index (χ4v) is 2.33. The van der Waals surface area contributed by atoms with Crippen LogP contribution in [0.1, 0.15) is 16.9 Å². The molecule has 2 aromatic rings. The molecule has 1 aliphatic rings. The molecule has 6 heteroatoms. The van der Waals surface area contributed by atoms with E-state index in [1.165, 1.54) is 16.8 Å². The van der Waals surface area contributed by atoms with Crippen LogP contribution in [0.2, 0.25) is 0 Å². The van der Waals surface area contributed by atoms with E-state index >= 15 is 0 Å². The zero-order chi connectivity index (χ0) is 14.1. The Morgan fingerprint density at radius 1 is 1.40 bits per heavy atom. The molecular formula is C14H15FN4O. The molecule has 2 heterocycles. The summed E-state index contributed by atoms with van der Waals surface area (Å²) in [5.74, 6) is -0.468. The van der Waals surface area contributed by atoms with E-state index in [-0.39, 0.29) is 17.8 Å². The van der Waals surface area contributed by atoms with Crippen LogP contribution in [0.15, 0.2) is 36.5 Å². The predicted octanol–water partition coefficient (Wildman–Crippen LogP) is 1.18. The first kappa shape index (κ1) is 12.8. The van der Waals surface area contributed by atoms with E-state index in [0.29, 0.717) is 24.5 Å². The zero-order valence-corrected chi connectivity index (χ0v) is 10.9. The van der Waals surface area contributed by atoms with Crippen LogP contribution < -0.4 is 5.73 Å². The third-order valence-corrected chi connectivity index (χ3v) is 3.39. The van der Waals surface area contributed by atoms with Crippen molar-refractivity contribution in [3.05, 3.63) is 48.0 Å². The molecule has 104 valence electrons. The highest BCUT2D eigenvalue weighted by molar-refractivity contribution is 5.92. The number of likely N-dealkylation sites (tertiary alicyclic amines) is 1. The van der Waals surface area contributed by atoms with E-state index in [9.17, 15) is 9.18 Å². The number of carbonyl (C=O) groups is 1. The number of hydrogen-bond acceptors (Lipinski definition) is 3. The number of nitrogens with two attached hydrogens (primary N) is 1. The predicted molar refractivity (Wildman–Crippen MR) is 72.0 cm³/mol. The van der Waals surface area contributed by atoms with Gasteiger partial charge < -0.3 is 10.6 Å². The topological polar surface area (TPSA) is 64.2 Å². The van der Waals surface area contributed by atoms with Gasteiger partial charge in [0.25, 0.3) is 5.91 Å². The lowest BCUT2D eigenvalue weighted by atomic mass is 10.3. The summed E-state index contributed by atoms with van der Waals surface area (Å²) in [5.41, 5.74) is 6.73.